The van der Waals surface area contributed by atoms with Gasteiger partial charge in [-0.25, -0.2) is 9.78 Å². The molecule has 1 aliphatic rings. The molecule has 13 heteroatoms. The average Bonchev–Trinajstić information content (AvgIpc) is 2.92. The summed E-state index contributed by atoms with van der Waals surface area (Å²) in [5.74, 6) is 0.418. The van der Waals surface area contributed by atoms with Gasteiger partial charge in [-0.3, -0.25) is 4.98 Å². The molecule has 3 aromatic rings. The summed E-state index contributed by atoms with van der Waals surface area (Å²) in [7, 11) is 0. The van der Waals surface area contributed by atoms with E-state index in [0.29, 0.717) is 22.2 Å². The van der Waals surface area contributed by atoms with Crippen LogP contribution < -0.4 is 10.6 Å². The van der Waals surface area contributed by atoms with Gasteiger partial charge in [0.25, 0.3) is 0 Å². The number of alkyl carbamates (subject to hydrolysis) is 1. The molecule has 1 saturated carbocycles. The second-order valence-corrected chi connectivity index (χ2v) is 12.7. The van der Waals surface area contributed by atoms with Gasteiger partial charge in [0.15, 0.2) is 6.04 Å². The topological polar surface area (TPSA) is 76.1 Å². The van der Waals surface area contributed by atoms with E-state index in [9.17, 15) is 31.1 Å². The highest BCUT2D eigenvalue weighted by atomic mass is 32.2. The number of benzene rings is 1. The number of nitrogens with zero attached hydrogens (tertiary/aromatic N) is 2. The summed E-state index contributed by atoms with van der Waals surface area (Å²) >= 11 is 1.71. The lowest BCUT2D eigenvalue weighted by molar-refractivity contribution is -0.157. The highest BCUT2D eigenvalue weighted by Gasteiger charge is 2.44. The Morgan fingerprint density at radius 2 is 1.58 bits per heavy atom. The number of rotatable bonds is 7. The van der Waals surface area contributed by atoms with Crippen LogP contribution in [0.4, 0.5) is 37.0 Å². The number of amides is 1. The van der Waals surface area contributed by atoms with Gasteiger partial charge in [-0.1, -0.05) is 12.1 Å². The van der Waals surface area contributed by atoms with Crippen LogP contribution in [-0.2, 0) is 10.9 Å². The Kier molecular flexibility index (Phi) is 9.83. The maximum absolute atomic E-state index is 13.8. The van der Waals surface area contributed by atoms with E-state index in [2.05, 4.69) is 15.3 Å². The normalized spacial score (nSPS) is 18.5. The molecule has 1 unspecified atom stereocenters. The molecule has 1 aromatic carbocycles. The number of aromatic nitrogens is 2. The minimum absolute atomic E-state index is 0.120. The largest absolute Gasteiger partial charge is 0.444 e. The molecule has 1 atom stereocenters. The maximum Gasteiger partial charge on any atom is 0.417 e. The number of thioether (sulfide) groups is 1. The highest BCUT2D eigenvalue weighted by Crippen LogP contribution is 2.37. The van der Waals surface area contributed by atoms with Crippen LogP contribution in [0.15, 0.2) is 65.8 Å². The zero-order valence-electron chi connectivity index (χ0n) is 23.7. The number of anilines is 1. The van der Waals surface area contributed by atoms with Crippen LogP contribution in [0.2, 0.25) is 0 Å². The SMILES string of the molecule is CC(C)(C)OC(=O)NC(c1cc(-c2ccc(SC3CCC(Nc4ccc(C(F)(F)F)cn4)CC3)cc2)ccn1)C(F)(F)F. The standard InChI is InChI=1S/C30H32F6N4O2S/c1-28(2,3)42-27(41)40-26(30(34,35)36)24-16-19(14-15-37-24)18-4-9-22(10-5-18)43-23-11-7-21(8-12-23)39-25-13-6-20(17-38-25)29(31,32)33/h4-6,9-10,13-17,21,23,26H,7-8,11-12H2,1-3H3,(H,38,39)(H,40,41). The summed E-state index contributed by atoms with van der Waals surface area (Å²) in [5.41, 5.74) is -0.882. The van der Waals surface area contributed by atoms with E-state index in [1.165, 1.54) is 18.3 Å². The molecule has 6 nitrogen and oxygen atoms in total. The van der Waals surface area contributed by atoms with Crippen LogP contribution >= 0.6 is 11.8 Å². The molecule has 1 aliphatic carbocycles. The van der Waals surface area contributed by atoms with Crippen LogP contribution in [0.25, 0.3) is 11.1 Å². The van der Waals surface area contributed by atoms with Crippen molar-refractivity contribution in [1.29, 1.82) is 0 Å². The molecule has 2 heterocycles. The molecular weight excluding hydrogens is 594 g/mol. The summed E-state index contributed by atoms with van der Waals surface area (Å²) in [6, 6.07) is 10.5. The van der Waals surface area contributed by atoms with Gasteiger partial charge < -0.3 is 15.4 Å². The number of hydrogen-bond acceptors (Lipinski definition) is 6. The van der Waals surface area contributed by atoms with E-state index in [1.54, 1.807) is 38.6 Å². The molecule has 2 aromatic heterocycles. The fourth-order valence-corrected chi connectivity index (χ4v) is 5.82. The predicted molar refractivity (Wildman–Crippen MR) is 153 cm³/mol. The van der Waals surface area contributed by atoms with Crippen molar-refractivity contribution in [2.24, 2.45) is 0 Å². The summed E-state index contributed by atoms with van der Waals surface area (Å²) in [6.45, 7) is 4.68. The fourth-order valence-electron chi connectivity index (χ4n) is 4.63. The van der Waals surface area contributed by atoms with Crippen LogP contribution in [-0.4, -0.2) is 39.1 Å². The Morgan fingerprint density at radius 1 is 0.907 bits per heavy atom. The second kappa shape index (κ2) is 13.0. The van der Waals surface area contributed by atoms with E-state index in [0.717, 1.165) is 42.8 Å². The molecule has 0 radical (unpaired) electrons. The Hall–Kier alpha value is -3.48. The van der Waals surface area contributed by atoms with Gasteiger partial charge in [-0.2, -0.15) is 26.3 Å². The fraction of sp³-hybridized carbons (Fsp3) is 0.433. The number of carbonyl (C=O) groups is 1. The summed E-state index contributed by atoms with van der Waals surface area (Å²) in [5, 5.41) is 5.45. The number of pyridine rings is 2. The number of hydrogen-bond donors (Lipinski definition) is 2. The third-order valence-electron chi connectivity index (χ3n) is 6.67. The molecule has 4 rings (SSSR count). The van der Waals surface area contributed by atoms with Gasteiger partial charge in [0, 0.05) is 28.6 Å². The van der Waals surface area contributed by atoms with E-state index < -0.39 is 35.7 Å². The number of carbonyl (C=O) groups excluding carboxylic acids is 1. The smallest absolute Gasteiger partial charge is 0.417 e. The van der Waals surface area contributed by atoms with E-state index in [1.807, 2.05) is 29.6 Å². The summed E-state index contributed by atoms with van der Waals surface area (Å²) in [6.07, 6.45) is -4.80. The van der Waals surface area contributed by atoms with Crippen LogP contribution in [0, 0.1) is 0 Å². The third-order valence-corrected chi connectivity index (χ3v) is 8.02. The van der Waals surface area contributed by atoms with Crippen LogP contribution in [0.5, 0.6) is 0 Å². The van der Waals surface area contributed by atoms with E-state index in [-0.39, 0.29) is 11.7 Å². The number of halogens is 6. The molecular formula is C30H32F6N4O2S. The lowest BCUT2D eigenvalue weighted by Crippen LogP contribution is -2.41. The van der Waals surface area contributed by atoms with Gasteiger partial charge in [0.05, 0.1) is 11.3 Å². The maximum atomic E-state index is 13.8. The third kappa shape index (κ3) is 9.50. The van der Waals surface area contributed by atoms with Gasteiger partial charge in [0.1, 0.15) is 11.4 Å². The average molecular weight is 627 g/mol. The van der Waals surface area contributed by atoms with Crippen molar-refractivity contribution in [3.8, 4) is 11.1 Å². The molecule has 0 spiro atoms. The Labute approximate surface area is 250 Å². The van der Waals surface area contributed by atoms with Crippen molar-refractivity contribution in [3.63, 3.8) is 0 Å². The van der Waals surface area contributed by atoms with Crippen molar-refractivity contribution < 1.29 is 35.9 Å². The first kappa shape index (κ1) is 32.4. The number of ether oxygens (including phenoxy) is 1. The molecule has 0 saturated heterocycles. The quantitative estimate of drug-likeness (QED) is 0.255. The Morgan fingerprint density at radius 3 is 2.14 bits per heavy atom. The molecule has 43 heavy (non-hydrogen) atoms. The number of alkyl halides is 6. The zero-order chi connectivity index (χ0) is 31.4. The van der Waals surface area contributed by atoms with Crippen LogP contribution in [0.1, 0.15) is 63.8 Å². The molecule has 232 valence electrons. The first-order valence-electron chi connectivity index (χ1n) is 13.7. The first-order chi connectivity index (χ1) is 20.1. The van der Waals surface area contributed by atoms with Gasteiger partial charge >= 0.3 is 18.4 Å². The molecule has 0 aliphatic heterocycles. The van der Waals surface area contributed by atoms with Crippen molar-refractivity contribution in [2.75, 3.05) is 5.32 Å². The van der Waals surface area contributed by atoms with Gasteiger partial charge in [-0.15, -0.1) is 11.8 Å². The molecule has 2 N–H and O–H groups in total. The van der Waals surface area contributed by atoms with Crippen molar-refractivity contribution in [3.05, 3.63) is 72.2 Å². The lowest BCUT2D eigenvalue weighted by Gasteiger charge is -2.29. The van der Waals surface area contributed by atoms with Crippen molar-refractivity contribution >= 4 is 23.7 Å². The Balaban J connectivity index is 1.34. The zero-order valence-corrected chi connectivity index (χ0v) is 24.5. The first-order valence-corrected chi connectivity index (χ1v) is 14.5. The van der Waals surface area contributed by atoms with Gasteiger partial charge in [0.2, 0.25) is 0 Å². The van der Waals surface area contributed by atoms with Crippen molar-refractivity contribution in [2.45, 2.75) is 86.6 Å². The van der Waals surface area contributed by atoms with E-state index >= 15 is 0 Å². The lowest BCUT2D eigenvalue weighted by atomic mass is 9.95. The number of nitrogens with one attached hydrogen (secondary N) is 2. The predicted octanol–water partition coefficient (Wildman–Crippen LogP) is 8.81. The minimum atomic E-state index is -4.79. The van der Waals surface area contributed by atoms with E-state index in [4.69, 9.17) is 4.74 Å². The molecule has 1 amide bonds. The summed E-state index contributed by atoms with van der Waals surface area (Å²) in [4.78, 5) is 20.9. The monoisotopic (exact) mass is 626 g/mol. The van der Waals surface area contributed by atoms with Crippen molar-refractivity contribution in [1.82, 2.24) is 15.3 Å². The highest BCUT2D eigenvalue weighted by molar-refractivity contribution is 8.00. The minimum Gasteiger partial charge on any atom is -0.444 e. The second-order valence-electron chi connectivity index (χ2n) is 11.3. The van der Waals surface area contributed by atoms with Crippen LogP contribution in [0.3, 0.4) is 0 Å². The summed E-state index contributed by atoms with van der Waals surface area (Å²) < 4.78 is 84.8. The van der Waals surface area contributed by atoms with Gasteiger partial charge in [-0.05, 0) is 94.0 Å². The molecule has 1 fully saturated rings. The molecule has 0 bridgehead atoms. The Bertz CT molecular complexity index is 1370.